The first-order valence-electron chi connectivity index (χ1n) is 4.51. The van der Waals surface area contributed by atoms with E-state index in [1.54, 1.807) is 0 Å². The van der Waals surface area contributed by atoms with E-state index in [4.69, 9.17) is 23.1 Å². The Morgan fingerprint density at radius 1 is 1.43 bits per heavy atom. The number of guanidine groups is 1. The second-order valence-corrected chi connectivity index (χ2v) is 3.95. The maximum absolute atomic E-state index is 5.88. The van der Waals surface area contributed by atoms with Crippen LogP contribution in [-0.2, 0) is 0 Å². The van der Waals surface area contributed by atoms with Gasteiger partial charge in [-0.15, -0.1) is 0 Å². The molecule has 0 bridgehead atoms. The van der Waals surface area contributed by atoms with Crippen LogP contribution in [0.25, 0.3) is 0 Å². The van der Waals surface area contributed by atoms with Crippen LogP contribution in [0.2, 0.25) is 5.02 Å². The van der Waals surface area contributed by atoms with Crippen LogP contribution < -0.4 is 11.5 Å². The molecule has 0 unspecified atom stereocenters. The molecular formula is C10H12ClN3. The predicted molar refractivity (Wildman–Crippen MR) is 58.4 cm³/mol. The van der Waals surface area contributed by atoms with Crippen molar-refractivity contribution in [1.82, 2.24) is 0 Å². The largest absolute Gasteiger partial charge is 0.370 e. The van der Waals surface area contributed by atoms with Gasteiger partial charge in [-0.2, -0.15) is 0 Å². The minimum atomic E-state index is 0.166. The highest BCUT2D eigenvalue weighted by Crippen LogP contribution is 2.43. The highest BCUT2D eigenvalue weighted by atomic mass is 35.5. The Bertz CT molecular complexity index is 371. The Morgan fingerprint density at radius 3 is 2.86 bits per heavy atom. The van der Waals surface area contributed by atoms with Gasteiger partial charge in [0.15, 0.2) is 5.96 Å². The maximum atomic E-state index is 5.88. The molecule has 4 N–H and O–H groups in total. The van der Waals surface area contributed by atoms with Gasteiger partial charge in [0.2, 0.25) is 0 Å². The summed E-state index contributed by atoms with van der Waals surface area (Å²) in [7, 11) is 0. The van der Waals surface area contributed by atoms with Crippen molar-refractivity contribution >= 4 is 17.6 Å². The van der Waals surface area contributed by atoms with E-state index in [2.05, 4.69) is 11.1 Å². The summed E-state index contributed by atoms with van der Waals surface area (Å²) in [6, 6.07) is 8.08. The third-order valence-electron chi connectivity index (χ3n) is 2.35. The molecule has 2 rings (SSSR count). The van der Waals surface area contributed by atoms with E-state index >= 15 is 0 Å². The predicted octanol–water partition coefficient (Wildman–Crippen LogP) is 1.47. The summed E-state index contributed by atoms with van der Waals surface area (Å²) in [6.07, 6.45) is 1.01. The zero-order valence-corrected chi connectivity index (χ0v) is 8.41. The monoisotopic (exact) mass is 209 g/mol. The summed E-state index contributed by atoms with van der Waals surface area (Å²) in [5.74, 6) is 0.607. The summed E-state index contributed by atoms with van der Waals surface area (Å²) in [4.78, 5) is 4.11. The quantitative estimate of drug-likeness (QED) is 0.572. The normalized spacial score (nSPS) is 24.4. The van der Waals surface area contributed by atoms with E-state index in [0.29, 0.717) is 5.92 Å². The van der Waals surface area contributed by atoms with Gasteiger partial charge in [0.05, 0.1) is 6.04 Å². The van der Waals surface area contributed by atoms with E-state index < -0.39 is 0 Å². The van der Waals surface area contributed by atoms with Crippen molar-refractivity contribution in [1.29, 1.82) is 0 Å². The third kappa shape index (κ3) is 1.99. The lowest BCUT2D eigenvalue weighted by Crippen LogP contribution is -2.23. The number of benzene rings is 1. The van der Waals surface area contributed by atoms with E-state index in [9.17, 15) is 0 Å². The van der Waals surface area contributed by atoms with Crippen LogP contribution in [0.5, 0.6) is 0 Å². The smallest absolute Gasteiger partial charge is 0.186 e. The molecule has 0 spiro atoms. The Balaban J connectivity index is 2.10. The Morgan fingerprint density at radius 2 is 2.21 bits per heavy atom. The number of hydrogen-bond acceptors (Lipinski definition) is 1. The highest BCUT2D eigenvalue weighted by molar-refractivity contribution is 6.30. The number of nitrogens with zero attached hydrogens (tertiary/aromatic N) is 1. The van der Waals surface area contributed by atoms with Crippen molar-refractivity contribution < 1.29 is 0 Å². The molecule has 0 saturated heterocycles. The average molecular weight is 210 g/mol. The van der Waals surface area contributed by atoms with Gasteiger partial charge in [-0.25, -0.2) is 4.99 Å². The van der Waals surface area contributed by atoms with Crippen LogP contribution in [0, 0.1) is 0 Å². The van der Waals surface area contributed by atoms with Crippen LogP contribution >= 0.6 is 11.6 Å². The van der Waals surface area contributed by atoms with Gasteiger partial charge >= 0.3 is 0 Å². The van der Waals surface area contributed by atoms with Crippen LogP contribution in [-0.4, -0.2) is 12.0 Å². The summed E-state index contributed by atoms with van der Waals surface area (Å²) in [5, 5.41) is 0.762. The summed E-state index contributed by atoms with van der Waals surface area (Å²) in [5.41, 5.74) is 11.8. The first-order chi connectivity index (χ1) is 6.66. The van der Waals surface area contributed by atoms with Crippen molar-refractivity contribution in [2.45, 2.75) is 18.4 Å². The minimum absolute atomic E-state index is 0.166. The van der Waals surface area contributed by atoms with Gasteiger partial charge in [0, 0.05) is 10.9 Å². The molecule has 0 radical (unpaired) electrons. The fourth-order valence-corrected chi connectivity index (χ4v) is 1.81. The number of nitrogens with two attached hydrogens (primary N) is 2. The second kappa shape index (κ2) is 3.50. The number of halogens is 1. The molecule has 0 aromatic heterocycles. The molecule has 2 atom stereocenters. The van der Waals surface area contributed by atoms with Gasteiger partial charge < -0.3 is 11.5 Å². The number of hydrogen-bond donors (Lipinski definition) is 2. The Kier molecular flexibility index (Phi) is 2.33. The molecule has 1 fully saturated rings. The van der Waals surface area contributed by atoms with E-state index in [1.807, 2.05) is 18.2 Å². The molecule has 1 aliphatic carbocycles. The molecule has 4 heteroatoms. The molecule has 1 saturated carbocycles. The molecule has 0 amide bonds. The molecule has 0 aliphatic heterocycles. The SMILES string of the molecule is NC(N)=N[C@@H]1C[C@H]1c1cccc(Cl)c1. The van der Waals surface area contributed by atoms with Gasteiger partial charge in [0.25, 0.3) is 0 Å². The number of aliphatic imine (C=N–C) groups is 1. The van der Waals surface area contributed by atoms with E-state index in [-0.39, 0.29) is 12.0 Å². The fraction of sp³-hybridized carbons (Fsp3) is 0.300. The standard InChI is InChI=1S/C10H12ClN3/c11-7-3-1-2-6(4-7)8-5-9(8)14-10(12)13/h1-4,8-9H,5H2,(H4,12,13,14)/t8-,9+/m0/s1. The molecule has 1 aromatic carbocycles. The van der Waals surface area contributed by atoms with Crippen LogP contribution in [0.4, 0.5) is 0 Å². The number of rotatable bonds is 2. The zero-order chi connectivity index (χ0) is 10.1. The van der Waals surface area contributed by atoms with E-state index in [0.717, 1.165) is 11.4 Å². The summed E-state index contributed by atoms with van der Waals surface area (Å²) in [6.45, 7) is 0. The zero-order valence-electron chi connectivity index (χ0n) is 7.65. The minimum Gasteiger partial charge on any atom is -0.370 e. The lowest BCUT2D eigenvalue weighted by Gasteiger charge is -1.98. The third-order valence-corrected chi connectivity index (χ3v) is 2.58. The molecular weight excluding hydrogens is 198 g/mol. The van der Waals surface area contributed by atoms with Crippen molar-refractivity contribution in [3.63, 3.8) is 0 Å². The molecule has 14 heavy (non-hydrogen) atoms. The van der Waals surface area contributed by atoms with Crippen LogP contribution in [0.3, 0.4) is 0 Å². The van der Waals surface area contributed by atoms with Crippen LogP contribution in [0.1, 0.15) is 17.9 Å². The van der Waals surface area contributed by atoms with Crippen molar-refractivity contribution in [3.8, 4) is 0 Å². The lowest BCUT2D eigenvalue weighted by molar-refractivity contribution is 0.982. The maximum Gasteiger partial charge on any atom is 0.186 e. The molecule has 1 aromatic rings. The van der Waals surface area contributed by atoms with Crippen molar-refractivity contribution in [2.24, 2.45) is 16.5 Å². The van der Waals surface area contributed by atoms with Gasteiger partial charge in [-0.1, -0.05) is 23.7 Å². The fourth-order valence-electron chi connectivity index (χ4n) is 1.61. The molecule has 74 valence electrons. The Labute approximate surface area is 87.8 Å². The van der Waals surface area contributed by atoms with E-state index in [1.165, 1.54) is 5.56 Å². The lowest BCUT2D eigenvalue weighted by atomic mass is 10.1. The van der Waals surface area contributed by atoms with Gasteiger partial charge in [-0.3, -0.25) is 0 Å². The van der Waals surface area contributed by atoms with Crippen molar-refractivity contribution in [2.75, 3.05) is 0 Å². The summed E-state index contributed by atoms with van der Waals surface area (Å²) >= 11 is 5.88. The van der Waals surface area contributed by atoms with Crippen molar-refractivity contribution in [3.05, 3.63) is 34.9 Å². The summed E-state index contributed by atoms with van der Waals surface area (Å²) < 4.78 is 0. The van der Waals surface area contributed by atoms with Crippen LogP contribution in [0.15, 0.2) is 29.3 Å². The Hall–Kier alpha value is -1.22. The first kappa shape index (κ1) is 9.34. The molecule has 0 heterocycles. The van der Waals surface area contributed by atoms with Gasteiger partial charge in [-0.05, 0) is 24.1 Å². The van der Waals surface area contributed by atoms with Gasteiger partial charge in [0.1, 0.15) is 0 Å². The highest BCUT2D eigenvalue weighted by Gasteiger charge is 2.38. The molecule has 1 aliphatic rings. The average Bonchev–Trinajstić information content (AvgIpc) is 2.82. The first-order valence-corrected chi connectivity index (χ1v) is 4.89. The molecule has 3 nitrogen and oxygen atoms in total. The second-order valence-electron chi connectivity index (χ2n) is 3.52. The topological polar surface area (TPSA) is 64.4 Å².